The number of benzene rings is 2. The number of para-hydroxylation sites is 2. The number of anilines is 1. The average molecular weight is 381 g/mol. The average Bonchev–Trinajstić information content (AvgIpc) is 3.04. The summed E-state index contributed by atoms with van der Waals surface area (Å²) in [5.41, 5.74) is 1.90. The van der Waals surface area contributed by atoms with E-state index >= 15 is 0 Å². The highest BCUT2D eigenvalue weighted by Gasteiger charge is 2.37. The molecule has 0 saturated carbocycles. The second-order valence-electron chi connectivity index (χ2n) is 8.00. The van der Waals surface area contributed by atoms with Crippen LogP contribution in [0.2, 0.25) is 0 Å². The first-order chi connectivity index (χ1) is 13.3. The largest absolute Gasteiger partial charge is 0.492 e. The highest BCUT2D eigenvalue weighted by molar-refractivity contribution is 6.00. The molecule has 1 aliphatic rings. The molecule has 0 spiro atoms. The Bertz CT molecular complexity index is 852. The van der Waals surface area contributed by atoms with Crippen molar-refractivity contribution in [3.8, 4) is 11.5 Å². The van der Waals surface area contributed by atoms with Gasteiger partial charge in [0.15, 0.2) is 0 Å². The monoisotopic (exact) mass is 381 g/mol. The van der Waals surface area contributed by atoms with Gasteiger partial charge in [0.1, 0.15) is 11.5 Å². The molecule has 0 radical (unpaired) electrons. The Hall–Kier alpha value is -2.82. The topological polar surface area (TPSA) is 55.8 Å². The second kappa shape index (κ2) is 8.05. The minimum absolute atomic E-state index is 0.0366. The van der Waals surface area contributed by atoms with Crippen molar-refractivity contribution >= 4 is 17.6 Å². The van der Waals surface area contributed by atoms with Gasteiger partial charge >= 0.3 is 5.97 Å². The van der Waals surface area contributed by atoms with Crippen LogP contribution in [0.4, 0.5) is 5.69 Å². The molecular formula is C23H27NO4. The Morgan fingerprint density at radius 1 is 1.11 bits per heavy atom. The summed E-state index contributed by atoms with van der Waals surface area (Å²) in [5, 5.41) is 0. The number of rotatable bonds is 5. The summed E-state index contributed by atoms with van der Waals surface area (Å²) >= 11 is 0. The highest BCUT2D eigenvalue weighted by atomic mass is 16.5. The molecule has 148 valence electrons. The van der Waals surface area contributed by atoms with Crippen molar-refractivity contribution in [1.82, 2.24) is 0 Å². The SMILES string of the molecule is CCOc1ccccc1N1C[C@@H](C(=O)Oc2ccc(C(C)(C)C)cc2)CC1=O. The van der Waals surface area contributed by atoms with Gasteiger partial charge in [0, 0.05) is 13.0 Å². The first-order valence-corrected chi connectivity index (χ1v) is 9.64. The van der Waals surface area contributed by atoms with Crippen molar-refractivity contribution < 1.29 is 19.1 Å². The number of hydrogen-bond acceptors (Lipinski definition) is 4. The van der Waals surface area contributed by atoms with Crippen LogP contribution in [0.5, 0.6) is 11.5 Å². The van der Waals surface area contributed by atoms with Gasteiger partial charge in [-0.2, -0.15) is 0 Å². The predicted molar refractivity (Wildman–Crippen MR) is 109 cm³/mol. The Morgan fingerprint density at radius 3 is 2.43 bits per heavy atom. The molecule has 1 aliphatic heterocycles. The summed E-state index contributed by atoms with van der Waals surface area (Å²) in [6.07, 6.45) is 0.138. The molecule has 2 aromatic rings. The van der Waals surface area contributed by atoms with E-state index in [0.717, 1.165) is 0 Å². The minimum atomic E-state index is -0.496. The van der Waals surface area contributed by atoms with Crippen molar-refractivity contribution in [3.05, 3.63) is 54.1 Å². The highest BCUT2D eigenvalue weighted by Crippen LogP contribution is 2.33. The first kappa shape index (κ1) is 19.9. The van der Waals surface area contributed by atoms with Crippen molar-refractivity contribution in [2.75, 3.05) is 18.1 Å². The molecule has 1 fully saturated rings. The zero-order valence-corrected chi connectivity index (χ0v) is 16.9. The smallest absolute Gasteiger partial charge is 0.316 e. The summed E-state index contributed by atoms with van der Waals surface area (Å²) in [4.78, 5) is 26.7. The molecule has 28 heavy (non-hydrogen) atoms. The van der Waals surface area contributed by atoms with E-state index in [1.807, 2.05) is 43.3 Å². The fourth-order valence-corrected chi connectivity index (χ4v) is 3.28. The van der Waals surface area contributed by atoms with Gasteiger partial charge in [-0.1, -0.05) is 45.0 Å². The molecular weight excluding hydrogens is 354 g/mol. The van der Waals surface area contributed by atoms with E-state index < -0.39 is 5.92 Å². The quantitative estimate of drug-likeness (QED) is 0.571. The molecule has 0 bridgehead atoms. The Balaban J connectivity index is 1.69. The van der Waals surface area contributed by atoms with E-state index in [1.54, 1.807) is 17.0 Å². The van der Waals surface area contributed by atoms with Gasteiger partial charge in [0.25, 0.3) is 0 Å². The van der Waals surface area contributed by atoms with Crippen molar-refractivity contribution in [2.24, 2.45) is 5.92 Å². The van der Waals surface area contributed by atoms with Crippen LogP contribution in [0.3, 0.4) is 0 Å². The van der Waals surface area contributed by atoms with E-state index in [4.69, 9.17) is 9.47 Å². The van der Waals surface area contributed by atoms with Gasteiger partial charge in [-0.05, 0) is 42.2 Å². The molecule has 0 unspecified atom stereocenters. The maximum Gasteiger partial charge on any atom is 0.316 e. The summed E-state index contributed by atoms with van der Waals surface area (Å²) in [7, 11) is 0. The molecule has 5 nitrogen and oxygen atoms in total. The van der Waals surface area contributed by atoms with Crippen LogP contribution in [-0.2, 0) is 15.0 Å². The van der Waals surface area contributed by atoms with Gasteiger partial charge in [-0.25, -0.2) is 0 Å². The number of nitrogens with zero attached hydrogens (tertiary/aromatic N) is 1. The molecule has 1 saturated heterocycles. The van der Waals surface area contributed by atoms with Crippen LogP contribution in [0.15, 0.2) is 48.5 Å². The molecule has 0 aromatic heterocycles. The molecule has 0 aliphatic carbocycles. The number of amides is 1. The molecule has 1 atom stereocenters. The molecule has 1 heterocycles. The van der Waals surface area contributed by atoms with E-state index in [0.29, 0.717) is 30.3 Å². The summed E-state index contributed by atoms with van der Waals surface area (Å²) in [5.74, 6) is 0.165. The lowest BCUT2D eigenvalue weighted by atomic mass is 9.87. The second-order valence-corrected chi connectivity index (χ2v) is 8.00. The van der Waals surface area contributed by atoms with Crippen LogP contribution in [0, 0.1) is 5.92 Å². The van der Waals surface area contributed by atoms with Crippen LogP contribution in [-0.4, -0.2) is 25.0 Å². The van der Waals surface area contributed by atoms with Gasteiger partial charge in [-0.3, -0.25) is 9.59 Å². The zero-order valence-electron chi connectivity index (χ0n) is 16.9. The molecule has 1 amide bonds. The van der Waals surface area contributed by atoms with E-state index in [1.165, 1.54) is 5.56 Å². The van der Waals surface area contributed by atoms with E-state index in [9.17, 15) is 9.59 Å². The lowest BCUT2D eigenvalue weighted by molar-refractivity contribution is -0.139. The number of carbonyl (C=O) groups is 2. The van der Waals surface area contributed by atoms with Crippen LogP contribution in [0.25, 0.3) is 0 Å². The van der Waals surface area contributed by atoms with Gasteiger partial charge < -0.3 is 14.4 Å². The standard InChI is InChI=1S/C23H27NO4/c1-5-27-20-9-7-6-8-19(20)24-15-16(14-21(24)25)22(26)28-18-12-10-17(11-13-18)23(2,3)4/h6-13,16H,5,14-15H2,1-4H3/t16-/m0/s1. The lowest BCUT2D eigenvalue weighted by Crippen LogP contribution is -2.27. The van der Waals surface area contributed by atoms with Crippen LogP contribution < -0.4 is 14.4 Å². The minimum Gasteiger partial charge on any atom is -0.492 e. The third kappa shape index (κ3) is 4.35. The maximum atomic E-state index is 12.6. The molecule has 3 rings (SSSR count). The number of esters is 1. The summed E-state index contributed by atoms with van der Waals surface area (Å²) in [6.45, 7) is 9.09. The molecule has 5 heteroatoms. The summed E-state index contributed by atoms with van der Waals surface area (Å²) in [6, 6.07) is 14.9. The van der Waals surface area contributed by atoms with Crippen LogP contribution in [0.1, 0.15) is 39.7 Å². The fraction of sp³-hybridized carbons (Fsp3) is 0.391. The Kier molecular flexibility index (Phi) is 5.73. The number of ether oxygens (including phenoxy) is 2. The molecule has 0 N–H and O–H groups in total. The van der Waals surface area contributed by atoms with Gasteiger partial charge in [0.05, 0.1) is 18.2 Å². The lowest BCUT2D eigenvalue weighted by Gasteiger charge is -2.20. The zero-order chi connectivity index (χ0) is 20.3. The maximum absolute atomic E-state index is 12.6. The van der Waals surface area contributed by atoms with Gasteiger partial charge in [-0.15, -0.1) is 0 Å². The third-order valence-corrected chi connectivity index (χ3v) is 4.85. The van der Waals surface area contributed by atoms with E-state index in [-0.39, 0.29) is 23.7 Å². The fourth-order valence-electron chi connectivity index (χ4n) is 3.28. The van der Waals surface area contributed by atoms with Gasteiger partial charge in [0.2, 0.25) is 5.91 Å². The predicted octanol–water partition coefficient (Wildman–Crippen LogP) is 4.34. The molecule has 2 aromatic carbocycles. The van der Waals surface area contributed by atoms with Crippen molar-refractivity contribution in [3.63, 3.8) is 0 Å². The van der Waals surface area contributed by atoms with Crippen molar-refractivity contribution in [2.45, 2.75) is 39.5 Å². The van der Waals surface area contributed by atoms with E-state index in [2.05, 4.69) is 20.8 Å². The first-order valence-electron chi connectivity index (χ1n) is 9.64. The Morgan fingerprint density at radius 2 is 1.79 bits per heavy atom. The summed E-state index contributed by atoms with van der Waals surface area (Å²) < 4.78 is 11.1. The number of carbonyl (C=O) groups excluding carboxylic acids is 2. The Labute approximate surface area is 166 Å². The number of hydrogen-bond donors (Lipinski definition) is 0. The third-order valence-electron chi connectivity index (χ3n) is 4.85. The van der Waals surface area contributed by atoms with Crippen LogP contribution >= 0.6 is 0 Å². The van der Waals surface area contributed by atoms with Crippen molar-refractivity contribution in [1.29, 1.82) is 0 Å². The normalized spacial score (nSPS) is 16.9.